The predicted octanol–water partition coefficient (Wildman–Crippen LogP) is 3.87. The van der Waals surface area contributed by atoms with Crippen molar-refractivity contribution < 1.29 is 19.2 Å². The van der Waals surface area contributed by atoms with Gasteiger partial charge in [0, 0.05) is 12.1 Å². The minimum absolute atomic E-state index is 0.0362. The molecule has 0 atom stereocenters. The Hall–Kier alpha value is -3.41. The van der Waals surface area contributed by atoms with Gasteiger partial charge in [0.05, 0.1) is 4.92 Å². The first kappa shape index (κ1) is 16.4. The maximum atomic E-state index is 11.8. The first-order valence-electron chi connectivity index (χ1n) is 7.63. The summed E-state index contributed by atoms with van der Waals surface area (Å²) in [6, 6.07) is 19.2. The van der Waals surface area contributed by atoms with Crippen LogP contribution in [0.4, 0.5) is 5.69 Å². The van der Waals surface area contributed by atoms with Crippen LogP contribution in [-0.2, 0) is 16.1 Å². The van der Waals surface area contributed by atoms with Gasteiger partial charge in [-0.05, 0) is 28.5 Å². The van der Waals surface area contributed by atoms with Crippen LogP contribution in [0, 0.1) is 10.1 Å². The van der Waals surface area contributed by atoms with Crippen molar-refractivity contribution in [1.82, 2.24) is 0 Å². The van der Waals surface area contributed by atoms with Crippen LogP contribution in [0.25, 0.3) is 10.8 Å². The highest BCUT2D eigenvalue weighted by atomic mass is 16.6. The lowest BCUT2D eigenvalue weighted by atomic mass is 10.1. The van der Waals surface area contributed by atoms with Crippen molar-refractivity contribution in [3.05, 3.63) is 82.4 Å². The van der Waals surface area contributed by atoms with Crippen LogP contribution in [0.5, 0.6) is 5.75 Å². The quantitative estimate of drug-likeness (QED) is 0.387. The second-order valence-corrected chi connectivity index (χ2v) is 5.34. The van der Waals surface area contributed by atoms with Gasteiger partial charge in [0.25, 0.3) is 5.69 Å². The van der Waals surface area contributed by atoms with Crippen molar-refractivity contribution in [2.45, 2.75) is 6.61 Å². The highest BCUT2D eigenvalue weighted by Gasteiger charge is 2.08. The third-order valence-electron chi connectivity index (χ3n) is 3.67. The summed E-state index contributed by atoms with van der Waals surface area (Å²) < 4.78 is 10.5. The van der Waals surface area contributed by atoms with E-state index in [0.29, 0.717) is 5.75 Å². The Labute approximate surface area is 143 Å². The number of esters is 1. The van der Waals surface area contributed by atoms with E-state index in [0.717, 1.165) is 16.3 Å². The van der Waals surface area contributed by atoms with Crippen molar-refractivity contribution in [3.63, 3.8) is 0 Å². The first-order valence-corrected chi connectivity index (χ1v) is 7.63. The van der Waals surface area contributed by atoms with E-state index >= 15 is 0 Å². The number of non-ortho nitro benzene ring substituents is 1. The van der Waals surface area contributed by atoms with Gasteiger partial charge in [0.1, 0.15) is 12.4 Å². The molecule has 0 bridgehead atoms. The molecule has 0 spiro atoms. The molecule has 0 unspecified atom stereocenters. The van der Waals surface area contributed by atoms with E-state index in [1.165, 1.54) is 24.3 Å². The number of rotatable bonds is 6. The van der Waals surface area contributed by atoms with E-state index in [4.69, 9.17) is 9.47 Å². The minimum atomic E-state index is -0.508. The summed E-state index contributed by atoms with van der Waals surface area (Å²) in [7, 11) is 0. The van der Waals surface area contributed by atoms with E-state index < -0.39 is 10.9 Å². The maximum absolute atomic E-state index is 11.8. The number of nitro benzene ring substituents is 1. The number of hydrogen-bond donors (Lipinski definition) is 0. The van der Waals surface area contributed by atoms with Crippen LogP contribution >= 0.6 is 0 Å². The van der Waals surface area contributed by atoms with Gasteiger partial charge in [0.2, 0.25) is 0 Å². The lowest BCUT2D eigenvalue weighted by Gasteiger charge is -2.09. The van der Waals surface area contributed by atoms with Gasteiger partial charge in [-0.25, -0.2) is 4.79 Å². The average molecular weight is 337 g/mol. The molecule has 0 saturated heterocycles. The molecule has 3 aromatic rings. The molecule has 0 aliphatic rings. The molecular formula is C19H15NO5. The van der Waals surface area contributed by atoms with E-state index in [1.54, 1.807) is 0 Å². The highest BCUT2D eigenvalue weighted by molar-refractivity contribution is 5.85. The Balaban J connectivity index is 1.55. The van der Waals surface area contributed by atoms with Crippen LogP contribution in [0.15, 0.2) is 66.7 Å². The van der Waals surface area contributed by atoms with Crippen LogP contribution < -0.4 is 4.74 Å². The normalized spacial score (nSPS) is 10.4. The van der Waals surface area contributed by atoms with E-state index in [2.05, 4.69) is 0 Å². The molecular weight excluding hydrogens is 322 g/mol. The van der Waals surface area contributed by atoms with Gasteiger partial charge in [-0.1, -0.05) is 42.5 Å². The molecule has 0 aliphatic heterocycles. The third kappa shape index (κ3) is 4.11. The summed E-state index contributed by atoms with van der Waals surface area (Å²) in [4.78, 5) is 21.9. The Morgan fingerprint density at radius 3 is 2.44 bits per heavy atom. The second kappa shape index (κ2) is 7.44. The molecule has 3 rings (SSSR count). The fraction of sp³-hybridized carbons (Fsp3) is 0.105. The molecule has 0 fully saturated rings. The van der Waals surface area contributed by atoms with Gasteiger partial charge < -0.3 is 9.47 Å². The highest BCUT2D eigenvalue weighted by Crippen LogP contribution is 2.20. The van der Waals surface area contributed by atoms with Crippen molar-refractivity contribution in [2.24, 2.45) is 0 Å². The lowest BCUT2D eigenvalue weighted by Crippen LogP contribution is -2.14. The average Bonchev–Trinajstić information content (AvgIpc) is 2.65. The summed E-state index contributed by atoms with van der Waals surface area (Å²) in [5, 5.41) is 12.7. The number of nitrogens with zero attached hydrogens (tertiary/aromatic N) is 1. The van der Waals surface area contributed by atoms with Crippen LogP contribution in [0.2, 0.25) is 0 Å². The van der Waals surface area contributed by atoms with Crippen molar-refractivity contribution in [1.29, 1.82) is 0 Å². The monoisotopic (exact) mass is 337 g/mol. The lowest BCUT2D eigenvalue weighted by molar-refractivity contribution is -0.384. The van der Waals surface area contributed by atoms with Gasteiger partial charge in [0.15, 0.2) is 6.61 Å². The fourth-order valence-corrected chi connectivity index (χ4v) is 2.42. The number of hydrogen-bond acceptors (Lipinski definition) is 5. The molecule has 0 aromatic heterocycles. The first-order chi connectivity index (χ1) is 12.1. The van der Waals surface area contributed by atoms with Gasteiger partial charge in [-0.2, -0.15) is 0 Å². The molecule has 6 heteroatoms. The molecule has 25 heavy (non-hydrogen) atoms. The van der Waals surface area contributed by atoms with Gasteiger partial charge in [-0.15, -0.1) is 0 Å². The number of carbonyl (C=O) groups is 1. The summed E-state index contributed by atoms with van der Waals surface area (Å²) in [6.45, 7) is -0.105. The molecule has 0 heterocycles. The predicted molar refractivity (Wildman–Crippen MR) is 92.3 cm³/mol. The zero-order valence-electron chi connectivity index (χ0n) is 13.3. The fourth-order valence-electron chi connectivity index (χ4n) is 2.42. The Kier molecular flexibility index (Phi) is 4.89. The zero-order valence-corrected chi connectivity index (χ0v) is 13.3. The number of carbonyl (C=O) groups excluding carboxylic acids is 1. The number of benzene rings is 3. The van der Waals surface area contributed by atoms with Crippen molar-refractivity contribution in [3.8, 4) is 5.75 Å². The van der Waals surface area contributed by atoms with Crippen LogP contribution in [0.3, 0.4) is 0 Å². The number of fused-ring (bicyclic) bond motifs is 1. The van der Waals surface area contributed by atoms with E-state index in [9.17, 15) is 14.9 Å². The second-order valence-electron chi connectivity index (χ2n) is 5.34. The molecule has 0 radical (unpaired) electrons. The molecule has 0 aliphatic carbocycles. The van der Waals surface area contributed by atoms with Crippen LogP contribution in [0.1, 0.15) is 5.56 Å². The summed E-state index contributed by atoms with van der Waals surface area (Å²) >= 11 is 0. The standard InChI is InChI=1S/C19H15NO5/c21-19(13-24-17-10-8-16(9-11-17)20(22)23)25-12-15-6-3-5-14-4-1-2-7-18(14)15/h1-11H,12-13H2. The summed E-state index contributed by atoms with van der Waals surface area (Å²) in [6.07, 6.45) is 0. The van der Waals surface area contributed by atoms with Gasteiger partial charge in [-0.3, -0.25) is 10.1 Å². The molecule has 0 amide bonds. The summed E-state index contributed by atoms with van der Waals surface area (Å²) in [5.41, 5.74) is 0.882. The molecule has 126 valence electrons. The Morgan fingerprint density at radius 1 is 0.960 bits per heavy atom. The minimum Gasteiger partial charge on any atom is -0.482 e. The van der Waals surface area contributed by atoms with Crippen LogP contribution in [-0.4, -0.2) is 17.5 Å². The molecule has 0 N–H and O–H groups in total. The number of ether oxygens (including phenoxy) is 2. The largest absolute Gasteiger partial charge is 0.482 e. The molecule has 0 saturated carbocycles. The zero-order chi connectivity index (χ0) is 17.6. The van der Waals surface area contributed by atoms with Crippen molar-refractivity contribution >= 4 is 22.4 Å². The summed E-state index contributed by atoms with van der Waals surface area (Å²) in [5.74, 6) is -0.140. The third-order valence-corrected chi connectivity index (χ3v) is 3.67. The van der Waals surface area contributed by atoms with Crippen molar-refractivity contribution in [2.75, 3.05) is 6.61 Å². The SMILES string of the molecule is O=C(COc1ccc([N+](=O)[O-])cc1)OCc1cccc2ccccc12. The maximum Gasteiger partial charge on any atom is 0.344 e. The number of nitro groups is 1. The Morgan fingerprint density at radius 2 is 1.68 bits per heavy atom. The topological polar surface area (TPSA) is 78.7 Å². The van der Waals surface area contributed by atoms with E-state index in [-0.39, 0.29) is 18.9 Å². The molecule has 3 aromatic carbocycles. The Bertz CT molecular complexity index is 900. The van der Waals surface area contributed by atoms with Gasteiger partial charge >= 0.3 is 5.97 Å². The van der Waals surface area contributed by atoms with E-state index in [1.807, 2.05) is 42.5 Å². The molecule has 6 nitrogen and oxygen atoms in total. The smallest absolute Gasteiger partial charge is 0.344 e.